The number of aliphatic hydroxyl groups excluding tert-OH is 2. The van der Waals surface area contributed by atoms with E-state index in [2.05, 4.69) is 0 Å². The number of hydrogen-bond donors (Lipinski definition) is 4. The smallest absolute Gasteiger partial charge is 0.249 e. The number of amides is 1. The standard InChI is InChI=1S/C9H10FNO4/c10-6-2-1-4(12)3-5(6)7(13)8(14)9(11)15/h1-3,7-8,12-14H,(H2,11,15). The van der Waals surface area contributed by atoms with Crippen molar-refractivity contribution in [1.82, 2.24) is 0 Å². The highest BCUT2D eigenvalue weighted by Crippen LogP contribution is 2.24. The molecule has 0 heterocycles. The summed E-state index contributed by atoms with van der Waals surface area (Å²) in [6.07, 6.45) is -3.71. The second kappa shape index (κ2) is 4.24. The highest BCUT2D eigenvalue weighted by Gasteiger charge is 2.26. The molecule has 1 amide bonds. The lowest BCUT2D eigenvalue weighted by molar-refractivity contribution is -0.132. The Morgan fingerprint density at radius 2 is 2.00 bits per heavy atom. The minimum atomic E-state index is -1.92. The lowest BCUT2D eigenvalue weighted by Gasteiger charge is -2.15. The van der Waals surface area contributed by atoms with Crippen LogP contribution in [0.1, 0.15) is 11.7 Å². The normalized spacial score (nSPS) is 14.6. The highest BCUT2D eigenvalue weighted by atomic mass is 19.1. The number of rotatable bonds is 3. The van der Waals surface area contributed by atoms with Gasteiger partial charge in [0.1, 0.15) is 17.7 Å². The number of nitrogens with two attached hydrogens (primary N) is 1. The van der Waals surface area contributed by atoms with Crippen molar-refractivity contribution in [1.29, 1.82) is 0 Å². The molecule has 2 unspecified atom stereocenters. The predicted molar refractivity (Wildman–Crippen MR) is 48.2 cm³/mol. The second-order valence-electron chi connectivity index (χ2n) is 3.00. The minimum Gasteiger partial charge on any atom is -0.508 e. The number of halogens is 1. The Morgan fingerprint density at radius 1 is 1.40 bits per heavy atom. The molecule has 0 aliphatic heterocycles. The van der Waals surface area contributed by atoms with Gasteiger partial charge in [0.05, 0.1) is 0 Å². The van der Waals surface area contributed by atoms with Gasteiger partial charge in [-0.25, -0.2) is 4.39 Å². The van der Waals surface area contributed by atoms with E-state index in [0.717, 1.165) is 18.2 Å². The van der Waals surface area contributed by atoms with Crippen molar-refractivity contribution in [3.05, 3.63) is 29.6 Å². The van der Waals surface area contributed by atoms with E-state index >= 15 is 0 Å². The summed E-state index contributed by atoms with van der Waals surface area (Å²) in [7, 11) is 0. The first-order valence-electron chi connectivity index (χ1n) is 4.07. The molecule has 2 atom stereocenters. The van der Waals surface area contributed by atoms with E-state index in [4.69, 9.17) is 15.9 Å². The minimum absolute atomic E-state index is 0.290. The van der Waals surface area contributed by atoms with Gasteiger partial charge < -0.3 is 21.1 Å². The van der Waals surface area contributed by atoms with E-state index in [1.54, 1.807) is 0 Å². The molecule has 0 fully saturated rings. The first-order chi connectivity index (χ1) is 6.93. The zero-order valence-corrected chi connectivity index (χ0v) is 7.59. The van der Waals surface area contributed by atoms with Crippen LogP contribution in [0.5, 0.6) is 5.75 Å². The summed E-state index contributed by atoms with van der Waals surface area (Å²) >= 11 is 0. The zero-order valence-electron chi connectivity index (χ0n) is 7.59. The number of aromatic hydroxyl groups is 1. The fourth-order valence-corrected chi connectivity index (χ4v) is 1.08. The Kier molecular flexibility index (Phi) is 3.23. The first kappa shape index (κ1) is 11.4. The van der Waals surface area contributed by atoms with Crippen LogP contribution in [-0.4, -0.2) is 27.3 Å². The third-order valence-corrected chi connectivity index (χ3v) is 1.89. The maximum Gasteiger partial charge on any atom is 0.249 e. The number of phenols is 1. The molecular weight excluding hydrogens is 205 g/mol. The van der Waals surface area contributed by atoms with Crippen molar-refractivity contribution < 1.29 is 24.5 Å². The fourth-order valence-electron chi connectivity index (χ4n) is 1.08. The lowest BCUT2D eigenvalue weighted by Crippen LogP contribution is -2.34. The van der Waals surface area contributed by atoms with Gasteiger partial charge in [0.25, 0.3) is 0 Å². The molecule has 6 heteroatoms. The molecule has 15 heavy (non-hydrogen) atoms. The third kappa shape index (κ3) is 2.42. The second-order valence-corrected chi connectivity index (χ2v) is 3.00. The van der Waals surface area contributed by atoms with Gasteiger partial charge in [-0.2, -0.15) is 0 Å². The average Bonchev–Trinajstić information content (AvgIpc) is 2.19. The van der Waals surface area contributed by atoms with E-state index in [-0.39, 0.29) is 11.3 Å². The van der Waals surface area contributed by atoms with Gasteiger partial charge >= 0.3 is 0 Å². The van der Waals surface area contributed by atoms with Crippen LogP contribution in [0.4, 0.5) is 4.39 Å². The quantitative estimate of drug-likeness (QED) is 0.541. The van der Waals surface area contributed by atoms with Crippen LogP contribution in [0.3, 0.4) is 0 Å². The van der Waals surface area contributed by atoms with Crippen molar-refractivity contribution in [3.63, 3.8) is 0 Å². The summed E-state index contributed by atoms with van der Waals surface area (Å²) in [5.41, 5.74) is 4.34. The molecule has 1 rings (SSSR count). The molecule has 1 aromatic rings. The van der Waals surface area contributed by atoms with Crippen molar-refractivity contribution in [3.8, 4) is 5.75 Å². The third-order valence-electron chi connectivity index (χ3n) is 1.89. The molecule has 0 aliphatic carbocycles. The number of aliphatic hydroxyl groups is 2. The van der Waals surface area contributed by atoms with Crippen molar-refractivity contribution in [2.24, 2.45) is 5.73 Å². The molecule has 0 aliphatic rings. The van der Waals surface area contributed by atoms with Crippen molar-refractivity contribution in [2.75, 3.05) is 0 Å². The Bertz CT molecular complexity index is 382. The maximum atomic E-state index is 13.1. The van der Waals surface area contributed by atoms with E-state index in [9.17, 15) is 14.3 Å². The van der Waals surface area contributed by atoms with Crippen molar-refractivity contribution >= 4 is 5.91 Å². The van der Waals surface area contributed by atoms with Gasteiger partial charge in [-0.1, -0.05) is 0 Å². The Hall–Kier alpha value is -1.66. The van der Waals surface area contributed by atoms with E-state index in [1.807, 2.05) is 0 Å². The molecule has 0 aromatic heterocycles. The van der Waals surface area contributed by atoms with E-state index in [1.165, 1.54) is 0 Å². The summed E-state index contributed by atoms with van der Waals surface area (Å²) in [6.45, 7) is 0. The van der Waals surface area contributed by atoms with Crippen LogP contribution in [0.25, 0.3) is 0 Å². The van der Waals surface area contributed by atoms with Gasteiger partial charge in [-0.15, -0.1) is 0 Å². The maximum absolute atomic E-state index is 13.1. The van der Waals surface area contributed by atoms with Crippen LogP contribution < -0.4 is 5.73 Å². The topological polar surface area (TPSA) is 104 Å². The Morgan fingerprint density at radius 3 is 2.53 bits per heavy atom. The van der Waals surface area contributed by atoms with Gasteiger partial charge in [-0.05, 0) is 18.2 Å². The monoisotopic (exact) mass is 215 g/mol. The largest absolute Gasteiger partial charge is 0.508 e. The summed E-state index contributed by atoms with van der Waals surface area (Å²) in [5.74, 6) is -2.31. The number of carbonyl (C=O) groups is 1. The SMILES string of the molecule is NC(=O)C(O)C(O)c1cc(O)ccc1F. The zero-order chi connectivity index (χ0) is 11.6. The molecule has 0 saturated heterocycles. The van der Waals surface area contributed by atoms with Crippen LogP contribution in [0.15, 0.2) is 18.2 Å². The van der Waals surface area contributed by atoms with Crippen LogP contribution in [-0.2, 0) is 4.79 Å². The fraction of sp³-hybridized carbons (Fsp3) is 0.222. The number of phenolic OH excluding ortho intramolecular Hbond substituents is 1. The molecule has 0 saturated carbocycles. The van der Waals surface area contributed by atoms with Crippen LogP contribution >= 0.6 is 0 Å². The summed E-state index contributed by atoms with van der Waals surface area (Å²) in [5, 5.41) is 27.5. The van der Waals surface area contributed by atoms with Crippen LogP contribution in [0, 0.1) is 5.82 Å². The number of primary amides is 1. The van der Waals surface area contributed by atoms with Crippen molar-refractivity contribution in [2.45, 2.75) is 12.2 Å². The van der Waals surface area contributed by atoms with Gasteiger partial charge in [0, 0.05) is 5.56 Å². The molecule has 5 N–H and O–H groups in total. The summed E-state index contributed by atoms with van der Waals surface area (Å²) < 4.78 is 13.1. The molecular formula is C9H10FNO4. The van der Waals surface area contributed by atoms with Gasteiger partial charge in [0.15, 0.2) is 6.10 Å². The lowest BCUT2D eigenvalue weighted by atomic mass is 10.0. The molecule has 1 aromatic carbocycles. The summed E-state index contributed by atoms with van der Waals surface area (Å²) in [4.78, 5) is 10.5. The molecule has 0 spiro atoms. The average molecular weight is 215 g/mol. The highest BCUT2D eigenvalue weighted by molar-refractivity contribution is 5.79. The summed E-state index contributed by atoms with van der Waals surface area (Å²) in [6, 6.07) is 2.88. The number of carbonyl (C=O) groups excluding carboxylic acids is 1. The molecule has 82 valence electrons. The Balaban J connectivity index is 3.04. The van der Waals surface area contributed by atoms with E-state index in [0.29, 0.717) is 0 Å². The van der Waals surface area contributed by atoms with E-state index < -0.39 is 23.9 Å². The number of hydrogen-bond acceptors (Lipinski definition) is 4. The first-order valence-corrected chi connectivity index (χ1v) is 4.07. The molecule has 0 bridgehead atoms. The molecule has 0 radical (unpaired) electrons. The Labute approximate surface area is 84.6 Å². The van der Waals surface area contributed by atoms with Crippen LogP contribution in [0.2, 0.25) is 0 Å². The molecule has 5 nitrogen and oxygen atoms in total. The number of benzene rings is 1. The van der Waals surface area contributed by atoms with Gasteiger partial charge in [0.2, 0.25) is 5.91 Å². The van der Waals surface area contributed by atoms with Gasteiger partial charge in [-0.3, -0.25) is 4.79 Å². The predicted octanol–water partition coefficient (Wildman–Crippen LogP) is -0.589.